The molecular formula is C11H15BrO. The van der Waals surface area contributed by atoms with Gasteiger partial charge < -0.3 is 4.79 Å². The van der Waals surface area contributed by atoms with Gasteiger partial charge in [0, 0.05) is 10.9 Å². The third-order valence-electron chi connectivity index (χ3n) is 1.46. The van der Waals surface area contributed by atoms with Crippen LogP contribution in [-0.4, -0.2) is 6.29 Å². The molecule has 1 aromatic carbocycles. The Morgan fingerprint density at radius 1 is 1.38 bits per heavy atom. The van der Waals surface area contributed by atoms with Gasteiger partial charge in [-0.3, -0.25) is 0 Å². The average Bonchev–Trinajstić information content (AvgIpc) is 2.18. The summed E-state index contributed by atoms with van der Waals surface area (Å²) in [4.78, 5) is 9.17. The molecule has 1 nitrogen and oxygen atoms in total. The number of aryl methyl sites for hydroxylation is 1. The van der Waals surface area contributed by atoms with E-state index < -0.39 is 0 Å². The molecule has 0 spiro atoms. The fourth-order valence-corrected chi connectivity index (χ4v) is 1.20. The van der Waals surface area contributed by atoms with Crippen molar-refractivity contribution in [1.29, 1.82) is 0 Å². The maximum absolute atomic E-state index is 9.17. The lowest BCUT2D eigenvalue weighted by molar-refractivity contribution is -0.107. The first-order chi connectivity index (χ1) is 6.24. The molecule has 0 bridgehead atoms. The summed E-state index contributed by atoms with van der Waals surface area (Å²) in [5.74, 6) is 0. The van der Waals surface area contributed by atoms with E-state index in [0.29, 0.717) is 6.42 Å². The molecule has 13 heavy (non-hydrogen) atoms. The molecule has 0 saturated carbocycles. The summed E-state index contributed by atoms with van der Waals surface area (Å²) in [6.07, 6.45) is 2.62. The topological polar surface area (TPSA) is 17.1 Å². The summed E-state index contributed by atoms with van der Waals surface area (Å²) in [5, 5.41) is 0. The van der Waals surface area contributed by atoms with E-state index in [9.17, 15) is 4.79 Å². The van der Waals surface area contributed by atoms with Gasteiger partial charge in [-0.05, 0) is 24.1 Å². The monoisotopic (exact) mass is 242 g/mol. The van der Waals surface area contributed by atoms with Crippen molar-refractivity contribution in [2.24, 2.45) is 0 Å². The second-order valence-electron chi connectivity index (χ2n) is 2.56. The Labute approximate surface area is 88.3 Å². The van der Waals surface area contributed by atoms with Crippen LogP contribution in [0.1, 0.15) is 25.8 Å². The smallest absolute Gasteiger partial charge is 0.119 e. The Morgan fingerprint density at radius 2 is 2.00 bits per heavy atom. The molecule has 0 aliphatic heterocycles. The van der Waals surface area contributed by atoms with Gasteiger partial charge in [0.2, 0.25) is 0 Å². The van der Waals surface area contributed by atoms with Crippen LogP contribution in [0.5, 0.6) is 0 Å². The number of halogens is 1. The van der Waals surface area contributed by atoms with E-state index >= 15 is 0 Å². The molecule has 0 aliphatic rings. The van der Waals surface area contributed by atoms with Crippen LogP contribution in [0.3, 0.4) is 0 Å². The highest BCUT2D eigenvalue weighted by Crippen LogP contribution is 2.11. The first-order valence-corrected chi connectivity index (χ1v) is 5.22. The van der Waals surface area contributed by atoms with Crippen molar-refractivity contribution >= 4 is 22.2 Å². The highest BCUT2D eigenvalue weighted by Gasteiger charge is 1.87. The Kier molecular flexibility index (Phi) is 7.60. The molecule has 0 fully saturated rings. The van der Waals surface area contributed by atoms with Gasteiger partial charge in [-0.2, -0.15) is 0 Å². The van der Waals surface area contributed by atoms with E-state index in [1.807, 2.05) is 13.0 Å². The Balaban J connectivity index is 0.000000310. The van der Waals surface area contributed by atoms with Gasteiger partial charge >= 0.3 is 0 Å². The van der Waals surface area contributed by atoms with E-state index in [0.717, 1.165) is 12.7 Å². The van der Waals surface area contributed by atoms with E-state index in [2.05, 4.69) is 41.1 Å². The second kappa shape index (κ2) is 7.99. The maximum atomic E-state index is 9.17. The van der Waals surface area contributed by atoms with E-state index in [4.69, 9.17) is 0 Å². The van der Waals surface area contributed by atoms with Crippen molar-refractivity contribution in [1.82, 2.24) is 0 Å². The van der Waals surface area contributed by atoms with Crippen LogP contribution in [0.2, 0.25) is 0 Å². The molecule has 2 heteroatoms. The van der Waals surface area contributed by atoms with Crippen molar-refractivity contribution in [2.75, 3.05) is 0 Å². The summed E-state index contributed by atoms with van der Waals surface area (Å²) < 4.78 is 1.17. The highest BCUT2D eigenvalue weighted by molar-refractivity contribution is 9.10. The minimum absolute atomic E-state index is 0.639. The summed E-state index contributed by atoms with van der Waals surface area (Å²) in [7, 11) is 0. The average molecular weight is 243 g/mol. The van der Waals surface area contributed by atoms with E-state index in [1.54, 1.807) is 0 Å². The van der Waals surface area contributed by atoms with Gasteiger partial charge in [0.05, 0.1) is 0 Å². The van der Waals surface area contributed by atoms with Crippen LogP contribution in [0.4, 0.5) is 0 Å². The summed E-state index contributed by atoms with van der Waals surface area (Å²) in [6, 6.07) is 8.37. The van der Waals surface area contributed by atoms with E-state index in [1.165, 1.54) is 10.0 Å². The second-order valence-corrected chi connectivity index (χ2v) is 3.47. The van der Waals surface area contributed by atoms with Crippen LogP contribution in [0.25, 0.3) is 0 Å². The van der Waals surface area contributed by atoms with Crippen molar-refractivity contribution in [3.63, 3.8) is 0 Å². The third-order valence-corrected chi connectivity index (χ3v) is 1.96. The van der Waals surface area contributed by atoms with Crippen LogP contribution < -0.4 is 0 Å². The molecule has 0 unspecified atom stereocenters. The zero-order chi connectivity index (χ0) is 10.1. The molecule has 0 radical (unpaired) electrons. The van der Waals surface area contributed by atoms with Crippen LogP contribution in [0.15, 0.2) is 28.7 Å². The predicted molar refractivity (Wildman–Crippen MR) is 59.9 cm³/mol. The molecule has 0 saturated heterocycles. The zero-order valence-corrected chi connectivity index (χ0v) is 9.67. The highest BCUT2D eigenvalue weighted by atomic mass is 79.9. The minimum atomic E-state index is 0.639. The molecule has 0 atom stereocenters. The molecule has 0 aliphatic carbocycles. The molecule has 0 heterocycles. The summed E-state index contributed by atoms with van der Waals surface area (Å²) >= 11 is 3.40. The standard InChI is InChI=1S/C8H9Br.C3H6O/c1-2-7-4-3-5-8(9)6-7;1-2-3-4/h3-6H,2H2,1H3;3H,2H2,1H3. The van der Waals surface area contributed by atoms with Crippen molar-refractivity contribution in [2.45, 2.75) is 26.7 Å². The third kappa shape index (κ3) is 6.52. The van der Waals surface area contributed by atoms with Gasteiger partial charge in [-0.1, -0.05) is 41.9 Å². The zero-order valence-electron chi connectivity index (χ0n) is 8.09. The first-order valence-electron chi connectivity index (χ1n) is 4.42. The fraction of sp³-hybridized carbons (Fsp3) is 0.364. The summed E-state index contributed by atoms with van der Waals surface area (Å²) in [6.45, 7) is 3.97. The predicted octanol–water partition coefficient (Wildman–Crippen LogP) is 3.61. The van der Waals surface area contributed by atoms with Gasteiger partial charge in [-0.25, -0.2) is 0 Å². The normalized spacial score (nSPS) is 8.54. The van der Waals surface area contributed by atoms with Crippen LogP contribution in [-0.2, 0) is 11.2 Å². The molecule has 0 aromatic heterocycles. The Bertz CT molecular complexity index is 246. The van der Waals surface area contributed by atoms with Crippen molar-refractivity contribution < 1.29 is 4.79 Å². The Hall–Kier alpha value is -0.630. The number of hydrogen-bond donors (Lipinski definition) is 0. The lowest BCUT2D eigenvalue weighted by Gasteiger charge is -1.94. The van der Waals surface area contributed by atoms with Gasteiger partial charge in [0.1, 0.15) is 6.29 Å². The lowest BCUT2D eigenvalue weighted by atomic mass is 10.2. The molecule has 1 rings (SSSR count). The number of rotatable bonds is 2. The van der Waals surface area contributed by atoms with E-state index in [-0.39, 0.29) is 0 Å². The largest absolute Gasteiger partial charge is 0.303 e. The molecule has 72 valence electrons. The van der Waals surface area contributed by atoms with Crippen molar-refractivity contribution in [3.05, 3.63) is 34.3 Å². The van der Waals surface area contributed by atoms with Crippen molar-refractivity contribution in [3.8, 4) is 0 Å². The Morgan fingerprint density at radius 3 is 2.31 bits per heavy atom. The molecular weight excluding hydrogens is 228 g/mol. The summed E-state index contributed by atoms with van der Waals surface area (Å²) in [5.41, 5.74) is 1.38. The number of aldehydes is 1. The number of benzene rings is 1. The lowest BCUT2D eigenvalue weighted by Crippen LogP contribution is -1.76. The quantitative estimate of drug-likeness (QED) is 0.725. The minimum Gasteiger partial charge on any atom is -0.303 e. The van der Waals surface area contributed by atoms with Gasteiger partial charge in [0.25, 0.3) is 0 Å². The number of hydrogen-bond acceptors (Lipinski definition) is 1. The number of carbonyl (C=O) groups excluding carboxylic acids is 1. The molecule has 1 aromatic rings. The SMILES string of the molecule is CCC=O.CCc1cccc(Br)c1. The van der Waals surface area contributed by atoms with Gasteiger partial charge in [0.15, 0.2) is 0 Å². The maximum Gasteiger partial charge on any atom is 0.119 e. The number of carbonyl (C=O) groups is 1. The van der Waals surface area contributed by atoms with Gasteiger partial charge in [-0.15, -0.1) is 0 Å². The first kappa shape index (κ1) is 12.4. The fourth-order valence-electron chi connectivity index (χ4n) is 0.757. The molecule has 0 amide bonds. The molecule has 0 N–H and O–H groups in total. The van der Waals surface area contributed by atoms with Crippen LogP contribution in [0, 0.1) is 0 Å². The van der Waals surface area contributed by atoms with Crippen LogP contribution >= 0.6 is 15.9 Å².